The molecule has 1 aliphatic heterocycles. The summed E-state index contributed by atoms with van der Waals surface area (Å²) in [5.41, 5.74) is 2.50. The fourth-order valence-electron chi connectivity index (χ4n) is 4.25. The molecular formula is C28H42N2O2Si. The molecule has 0 spiro atoms. The summed E-state index contributed by atoms with van der Waals surface area (Å²) in [6, 6.07) is 21.1. The Morgan fingerprint density at radius 2 is 1.55 bits per heavy atom. The van der Waals surface area contributed by atoms with Crippen molar-refractivity contribution >= 4 is 14.2 Å². The molecule has 2 aromatic carbocycles. The van der Waals surface area contributed by atoms with Crippen molar-refractivity contribution in [3.63, 3.8) is 0 Å². The molecular weight excluding hydrogens is 424 g/mol. The number of rotatable bonds is 9. The van der Waals surface area contributed by atoms with Crippen LogP contribution in [0.1, 0.15) is 51.7 Å². The van der Waals surface area contributed by atoms with Crippen LogP contribution in [0.4, 0.5) is 0 Å². The Morgan fingerprint density at radius 1 is 0.970 bits per heavy atom. The zero-order valence-corrected chi connectivity index (χ0v) is 22.3. The van der Waals surface area contributed by atoms with Gasteiger partial charge in [0.05, 0.1) is 18.7 Å². The van der Waals surface area contributed by atoms with Gasteiger partial charge in [-0.15, -0.1) is 0 Å². The molecule has 1 saturated heterocycles. The number of hydrogen-bond donors (Lipinski definition) is 1. The largest absolute Gasteiger partial charge is 0.415 e. The average Bonchev–Trinajstić information content (AvgIpc) is 2.79. The molecule has 3 rings (SSSR count). The first-order chi connectivity index (χ1) is 15.6. The van der Waals surface area contributed by atoms with Gasteiger partial charge in [0.2, 0.25) is 5.91 Å². The highest BCUT2D eigenvalue weighted by Gasteiger charge is 2.43. The van der Waals surface area contributed by atoms with Crippen LogP contribution >= 0.6 is 0 Å². The molecule has 5 heteroatoms. The third-order valence-corrected chi connectivity index (χ3v) is 12.0. The molecule has 0 unspecified atom stereocenters. The summed E-state index contributed by atoms with van der Waals surface area (Å²) in [5, 5.41) is 3.84. The number of piperazine rings is 1. The Morgan fingerprint density at radius 3 is 2.09 bits per heavy atom. The predicted molar refractivity (Wildman–Crippen MR) is 140 cm³/mol. The van der Waals surface area contributed by atoms with E-state index in [-0.39, 0.29) is 29.1 Å². The third-order valence-electron chi connectivity index (χ3n) is 7.47. The van der Waals surface area contributed by atoms with Gasteiger partial charge in [-0.3, -0.25) is 4.79 Å². The summed E-state index contributed by atoms with van der Waals surface area (Å²) in [6.07, 6.45) is 2.76. The van der Waals surface area contributed by atoms with E-state index in [0.29, 0.717) is 13.2 Å². The van der Waals surface area contributed by atoms with Crippen molar-refractivity contribution < 1.29 is 9.22 Å². The molecule has 0 aromatic heterocycles. The van der Waals surface area contributed by atoms with E-state index in [0.717, 1.165) is 19.3 Å². The van der Waals surface area contributed by atoms with Crippen LogP contribution in [0.3, 0.4) is 0 Å². The fourth-order valence-corrected chi connectivity index (χ4v) is 5.27. The number of aryl methyl sites for hydroxylation is 1. The lowest BCUT2D eigenvalue weighted by atomic mass is 9.93. The molecule has 180 valence electrons. The molecule has 0 aliphatic carbocycles. The standard InChI is InChI=1S/C28H42N2O2Si/c1-7-24-27(31)30(20-23-16-12-9-13-17-23)26(21-32-33(5,6)28(2,3)4)25(29-24)19-18-22-14-10-8-11-15-22/h8-17,24-26,29H,7,18-21H2,1-6H3/t24-,25+,26+/m0/s1. The minimum atomic E-state index is -1.94. The summed E-state index contributed by atoms with van der Waals surface area (Å²) >= 11 is 0. The van der Waals surface area contributed by atoms with Gasteiger partial charge in [-0.2, -0.15) is 0 Å². The lowest BCUT2D eigenvalue weighted by Crippen LogP contribution is -2.66. The molecule has 3 atom stereocenters. The monoisotopic (exact) mass is 466 g/mol. The first-order valence-electron chi connectivity index (χ1n) is 12.4. The molecule has 33 heavy (non-hydrogen) atoms. The Balaban J connectivity index is 1.87. The van der Waals surface area contributed by atoms with E-state index in [2.05, 4.69) is 93.5 Å². The smallest absolute Gasteiger partial charge is 0.240 e. The van der Waals surface area contributed by atoms with E-state index in [1.54, 1.807) is 0 Å². The van der Waals surface area contributed by atoms with Crippen LogP contribution in [0.5, 0.6) is 0 Å². The van der Waals surface area contributed by atoms with E-state index in [1.807, 2.05) is 18.2 Å². The zero-order valence-electron chi connectivity index (χ0n) is 21.3. The number of carbonyl (C=O) groups is 1. The summed E-state index contributed by atoms with van der Waals surface area (Å²) in [4.78, 5) is 15.6. The normalized spacial score (nSPS) is 21.9. The summed E-state index contributed by atoms with van der Waals surface area (Å²) in [5.74, 6) is 0.196. The number of amides is 1. The number of nitrogens with zero attached hydrogens (tertiary/aromatic N) is 1. The highest BCUT2D eigenvalue weighted by atomic mass is 28.4. The van der Waals surface area contributed by atoms with E-state index < -0.39 is 8.32 Å². The van der Waals surface area contributed by atoms with Crippen molar-refractivity contribution in [3.8, 4) is 0 Å². The number of nitrogens with one attached hydrogen (secondary N) is 1. The molecule has 0 radical (unpaired) electrons. The minimum Gasteiger partial charge on any atom is -0.415 e. The molecule has 0 saturated carbocycles. The van der Waals surface area contributed by atoms with Gasteiger partial charge in [0.25, 0.3) is 0 Å². The van der Waals surface area contributed by atoms with Gasteiger partial charge in [0.15, 0.2) is 8.32 Å². The van der Waals surface area contributed by atoms with Gasteiger partial charge >= 0.3 is 0 Å². The molecule has 1 fully saturated rings. The van der Waals surface area contributed by atoms with Crippen molar-refractivity contribution in [2.75, 3.05) is 6.61 Å². The fraction of sp³-hybridized carbons (Fsp3) is 0.536. The summed E-state index contributed by atoms with van der Waals surface area (Å²) in [7, 11) is -1.94. The highest BCUT2D eigenvalue weighted by Crippen LogP contribution is 2.37. The third kappa shape index (κ3) is 6.56. The first-order valence-corrected chi connectivity index (χ1v) is 15.3. The van der Waals surface area contributed by atoms with Gasteiger partial charge in [0, 0.05) is 12.6 Å². The molecule has 4 nitrogen and oxygen atoms in total. The van der Waals surface area contributed by atoms with Gasteiger partial charge in [-0.05, 0) is 48.5 Å². The lowest BCUT2D eigenvalue weighted by Gasteiger charge is -2.47. The maximum Gasteiger partial charge on any atom is 0.240 e. The second-order valence-corrected chi connectivity index (χ2v) is 15.7. The Bertz CT molecular complexity index is 880. The topological polar surface area (TPSA) is 41.6 Å². The average molecular weight is 467 g/mol. The van der Waals surface area contributed by atoms with Gasteiger partial charge in [-0.25, -0.2) is 0 Å². The quantitative estimate of drug-likeness (QED) is 0.476. The molecule has 0 bridgehead atoms. The lowest BCUT2D eigenvalue weighted by molar-refractivity contribution is -0.143. The zero-order chi connectivity index (χ0) is 24.1. The van der Waals surface area contributed by atoms with Gasteiger partial charge < -0.3 is 14.6 Å². The summed E-state index contributed by atoms with van der Waals surface area (Å²) < 4.78 is 6.71. The SMILES string of the molecule is CC[C@@H]1N[C@H](CCc2ccccc2)[C@@H](CO[Si](C)(C)C(C)(C)C)N(Cc2ccccc2)C1=O. The van der Waals surface area contributed by atoms with Crippen LogP contribution < -0.4 is 5.32 Å². The van der Waals surface area contributed by atoms with Crippen LogP contribution in [-0.2, 0) is 22.2 Å². The molecule has 1 N–H and O–H groups in total. The summed E-state index contributed by atoms with van der Waals surface area (Å²) in [6.45, 7) is 14.7. The Kier molecular flexibility index (Phi) is 8.54. The van der Waals surface area contributed by atoms with Crippen molar-refractivity contribution in [1.82, 2.24) is 10.2 Å². The van der Waals surface area contributed by atoms with Crippen molar-refractivity contribution in [2.24, 2.45) is 0 Å². The molecule has 2 aromatic rings. The minimum absolute atomic E-state index is 0.0124. The van der Waals surface area contributed by atoms with Crippen LogP contribution in [0.25, 0.3) is 0 Å². The Labute approximate surface area is 201 Å². The van der Waals surface area contributed by atoms with Crippen LogP contribution in [-0.4, -0.2) is 43.9 Å². The Hall–Kier alpha value is -1.95. The number of benzene rings is 2. The predicted octanol–water partition coefficient (Wildman–Crippen LogP) is 5.79. The molecule has 1 heterocycles. The number of carbonyl (C=O) groups excluding carboxylic acids is 1. The van der Waals surface area contributed by atoms with E-state index >= 15 is 0 Å². The maximum atomic E-state index is 13.5. The van der Waals surface area contributed by atoms with Crippen LogP contribution in [0, 0.1) is 0 Å². The van der Waals surface area contributed by atoms with Gasteiger partial charge in [-0.1, -0.05) is 88.4 Å². The van der Waals surface area contributed by atoms with Crippen LogP contribution in [0.2, 0.25) is 18.1 Å². The second kappa shape index (κ2) is 11.0. The van der Waals surface area contributed by atoms with Crippen molar-refractivity contribution in [1.29, 1.82) is 0 Å². The van der Waals surface area contributed by atoms with Crippen molar-refractivity contribution in [3.05, 3.63) is 71.8 Å². The molecule has 1 amide bonds. The van der Waals surface area contributed by atoms with E-state index in [9.17, 15) is 4.79 Å². The highest BCUT2D eigenvalue weighted by molar-refractivity contribution is 6.74. The van der Waals surface area contributed by atoms with E-state index in [1.165, 1.54) is 11.1 Å². The maximum absolute atomic E-state index is 13.5. The van der Waals surface area contributed by atoms with Gasteiger partial charge in [0.1, 0.15) is 0 Å². The van der Waals surface area contributed by atoms with E-state index in [4.69, 9.17) is 4.43 Å². The van der Waals surface area contributed by atoms with Crippen LogP contribution in [0.15, 0.2) is 60.7 Å². The number of hydrogen-bond acceptors (Lipinski definition) is 3. The first kappa shape index (κ1) is 25.7. The molecule has 1 aliphatic rings. The van der Waals surface area contributed by atoms with Crippen molar-refractivity contribution in [2.45, 2.75) is 89.8 Å². The second-order valence-electron chi connectivity index (χ2n) is 10.8.